The SMILES string of the molecule is [2H]c1c([2H])c([2H])n(C([2H])([2H])[2H])c(=O)c1C([2H])([2H])[2H]. The summed E-state index contributed by atoms with van der Waals surface area (Å²) in [7, 11) is 0. The normalized spacial score (nSPS) is 26.9. The third-order valence-electron chi connectivity index (χ3n) is 0.772. The van der Waals surface area contributed by atoms with E-state index >= 15 is 0 Å². The zero-order valence-electron chi connectivity index (χ0n) is 13.4. The fraction of sp³-hybridized carbons (Fsp3) is 0.286. The van der Waals surface area contributed by atoms with E-state index in [1.807, 2.05) is 0 Å². The smallest absolute Gasteiger partial charge is 0.253 e. The molecule has 0 unspecified atom stereocenters. The maximum absolute atomic E-state index is 11.8. The average Bonchev–Trinajstić information content (AvgIpc) is 2.09. The molecular formula is C7H9NO. The van der Waals surface area contributed by atoms with Gasteiger partial charge in [-0.15, -0.1) is 0 Å². The molecule has 1 rings (SSSR count). The second kappa shape index (κ2) is 2.05. The summed E-state index contributed by atoms with van der Waals surface area (Å²) in [6.45, 7) is -6.08. The molecule has 0 spiro atoms. The first-order valence-corrected chi connectivity index (χ1v) is 2.12. The third kappa shape index (κ3) is 1.02. The molecule has 0 aromatic carbocycles. The summed E-state index contributed by atoms with van der Waals surface area (Å²) < 4.78 is 64.5. The van der Waals surface area contributed by atoms with Crippen LogP contribution in [0.4, 0.5) is 0 Å². The van der Waals surface area contributed by atoms with E-state index in [4.69, 9.17) is 12.3 Å². The molecule has 48 valence electrons. The first-order chi connectivity index (χ1) is 7.89. The van der Waals surface area contributed by atoms with E-state index in [0.717, 1.165) is 0 Å². The second-order valence-corrected chi connectivity index (χ2v) is 1.38. The molecule has 0 bridgehead atoms. The number of pyridine rings is 1. The van der Waals surface area contributed by atoms with Crippen molar-refractivity contribution in [1.29, 1.82) is 0 Å². The lowest BCUT2D eigenvalue weighted by molar-refractivity contribution is 0.849. The minimum atomic E-state index is -3.07. The van der Waals surface area contributed by atoms with E-state index in [9.17, 15) is 4.79 Å². The summed E-state index contributed by atoms with van der Waals surface area (Å²) in [6, 6.07) is -1.85. The third-order valence-corrected chi connectivity index (χ3v) is 0.772. The molecule has 2 heteroatoms. The number of aromatic nitrogens is 1. The van der Waals surface area contributed by atoms with E-state index in [2.05, 4.69) is 0 Å². The molecule has 1 heterocycles. The minimum Gasteiger partial charge on any atom is -0.318 e. The van der Waals surface area contributed by atoms with Crippen LogP contribution in [0.25, 0.3) is 0 Å². The van der Waals surface area contributed by atoms with Gasteiger partial charge in [0.15, 0.2) is 0 Å². The molecule has 9 heavy (non-hydrogen) atoms. The molecule has 2 nitrogen and oxygen atoms in total. The lowest BCUT2D eigenvalue weighted by atomic mass is 10.3. The molecule has 0 fully saturated rings. The lowest BCUT2D eigenvalue weighted by Gasteiger charge is -1.94. The van der Waals surface area contributed by atoms with Crippen LogP contribution in [0.15, 0.2) is 23.1 Å². The molecule has 0 saturated heterocycles. The Kier molecular flexibility index (Phi) is 0.305. The minimum absolute atomic E-state index is 0.0604. The van der Waals surface area contributed by atoms with Gasteiger partial charge in [0.05, 0.1) is 4.11 Å². The molecule has 0 amide bonds. The Morgan fingerprint density at radius 1 is 1.89 bits per heavy atom. The van der Waals surface area contributed by atoms with E-state index in [-0.39, 0.29) is 4.57 Å². The van der Waals surface area contributed by atoms with Gasteiger partial charge in [-0.3, -0.25) is 4.79 Å². The molecule has 0 radical (unpaired) electrons. The molecule has 0 aliphatic rings. The Labute approximate surface area is 66.4 Å². The first kappa shape index (κ1) is 1.34. The predicted molar refractivity (Wildman–Crippen MR) is 36.4 cm³/mol. The highest BCUT2D eigenvalue weighted by Crippen LogP contribution is 1.84. The Morgan fingerprint density at radius 2 is 2.78 bits per heavy atom. The maximum Gasteiger partial charge on any atom is 0.253 e. The van der Waals surface area contributed by atoms with Crippen molar-refractivity contribution in [3.8, 4) is 0 Å². The molecule has 0 atom stereocenters. The van der Waals surface area contributed by atoms with E-state index in [1.54, 1.807) is 0 Å². The fourth-order valence-electron chi connectivity index (χ4n) is 0.362. The second-order valence-electron chi connectivity index (χ2n) is 1.38. The van der Waals surface area contributed by atoms with Crippen LogP contribution in [-0.4, -0.2) is 4.57 Å². The van der Waals surface area contributed by atoms with Crippen molar-refractivity contribution in [3.05, 3.63) is 34.2 Å². The highest BCUT2D eigenvalue weighted by molar-refractivity contribution is 5.06. The monoisotopic (exact) mass is 132 g/mol. The lowest BCUT2D eigenvalue weighted by Crippen LogP contribution is -2.17. The van der Waals surface area contributed by atoms with Gasteiger partial charge in [0.1, 0.15) is 0 Å². The number of hydrogen-bond acceptors (Lipinski definition) is 1. The van der Waals surface area contributed by atoms with Crippen LogP contribution in [-0.2, 0) is 6.98 Å². The zero-order chi connectivity index (χ0) is 14.5. The molecule has 0 aliphatic carbocycles. The molecular weight excluding hydrogens is 114 g/mol. The van der Waals surface area contributed by atoms with Gasteiger partial charge >= 0.3 is 0 Å². The summed E-state index contributed by atoms with van der Waals surface area (Å²) in [5.74, 6) is 0. The van der Waals surface area contributed by atoms with Crippen LogP contribution in [0.5, 0.6) is 0 Å². The van der Waals surface area contributed by atoms with Gasteiger partial charge in [0, 0.05) is 26.9 Å². The molecule has 1 aromatic rings. The molecule has 1 aromatic heterocycles. The summed E-state index contributed by atoms with van der Waals surface area (Å²) in [4.78, 5) is 11.8. The predicted octanol–water partition coefficient (Wildman–Crippen LogP) is 0.694. The zero-order valence-corrected chi connectivity index (χ0v) is 4.36. The number of nitrogens with zero attached hydrogens (tertiary/aromatic N) is 1. The molecule has 0 N–H and O–H groups in total. The van der Waals surface area contributed by atoms with Crippen molar-refractivity contribution in [2.75, 3.05) is 0 Å². The van der Waals surface area contributed by atoms with Gasteiger partial charge in [-0.1, -0.05) is 6.04 Å². The van der Waals surface area contributed by atoms with Crippen LogP contribution in [0, 0.1) is 6.85 Å². The van der Waals surface area contributed by atoms with Crippen molar-refractivity contribution in [1.82, 2.24) is 4.57 Å². The van der Waals surface area contributed by atoms with Gasteiger partial charge < -0.3 is 4.57 Å². The van der Waals surface area contributed by atoms with Crippen molar-refractivity contribution >= 4 is 0 Å². The van der Waals surface area contributed by atoms with Crippen LogP contribution in [0.2, 0.25) is 0 Å². The number of rotatable bonds is 0. The van der Waals surface area contributed by atoms with Gasteiger partial charge in [0.2, 0.25) is 0 Å². The summed E-state index contributed by atoms with van der Waals surface area (Å²) in [6.07, 6.45) is -1.00. The van der Waals surface area contributed by atoms with Crippen molar-refractivity contribution in [2.24, 2.45) is 6.98 Å². The Hall–Kier alpha value is -1.05. The Balaban J connectivity index is 3.90. The number of hydrogen-bond donors (Lipinski definition) is 0. The van der Waals surface area contributed by atoms with E-state index in [1.165, 1.54) is 0 Å². The molecule has 0 saturated carbocycles. The quantitative estimate of drug-likeness (QED) is 0.509. The van der Waals surface area contributed by atoms with Gasteiger partial charge in [-0.2, -0.15) is 0 Å². The van der Waals surface area contributed by atoms with Crippen LogP contribution < -0.4 is 5.56 Å². The topological polar surface area (TPSA) is 22.0 Å². The highest BCUT2D eigenvalue weighted by atomic mass is 16.1. The van der Waals surface area contributed by atoms with Crippen LogP contribution in [0.3, 0.4) is 0 Å². The Morgan fingerprint density at radius 3 is 3.44 bits per heavy atom. The summed E-state index contributed by atoms with van der Waals surface area (Å²) >= 11 is 0. The Bertz CT molecular complexity index is 494. The van der Waals surface area contributed by atoms with Crippen LogP contribution >= 0.6 is 0 Å². The first-order valence-electron chi connectivity index (χ1n) is 6.62. The summed E-state index contributed by atoms with van der Waals surface area (Å²) in [5, 5.41) is 0. The van der Waals surface area contributed by atoms with Gasteiger partial charge in [-0.25, -0.2) is 0 Å². The van der Waals surface area contributed by atoms with Crippen LogP contribution in [0.1, 0.15) is 17.9 Å². The van der Waals surface area contributed by atoms with Crippen molar-refractivity contribution in [3.63, 3.8) is 0 Å². The average molecular weight is 132 g/mol. The van der Waals surface area contributed by atoms with E-state index in [0.29, 0.717) is 0 Å². The molecule has 0 aliphatic heterocycles. The van der Waals surface area contributed by atoms with Gasteiger partial charge in [0.25, 0.3) is 5.56 Å². The standard InChI is InChI=1S/C7H9NO/c1-6-4-3-5-8(2)7(6)9/h3-5H,1-2H3/i1D3,2D3,3D,4D,5D. The maximum atomic E-state index is 11.8. The highest BCUT2D eigenvalue weighted by Gasteiger charge is 1.89. The van der Waals surface area contributed by atoms with Crippen molar-refractivity contribution < 1.29 is 12.3 Å². The van der Waals surface area contributed by atoms with Crippen molar-refractivity contribution in [2.45, 2.75) is 6.85 Å². The largest absolute Gasteiger partial charge is 0.318 e. The fourth-order valence-corrected chi connectivity index (χ4v) is 0.362. The summed E-state index contributed by atoms with van der Waals surface area (Å²) in [5.41, 5.74) is -2.51. The van der Waals surface area contributed by atoms with E-state index < -0.39 is 43.2 Å². The van der Waals surface area contributed by atoms with Gasteiger partial charge in [-0.05, 0) is 12.9 Å².